The van der Waals surface area contributed by atoms with Crippen LogP contribution in [0.15, 0.2) is 18.3 Å². The SMILES string of the molecule is CN(C)c1c(C(=O)NN)cnc2c(Cl)cc([N+](=O)[O-])cc12. The van der Waals surface area contributed by atoms with Crippen molar-refractivity contribution in [2.45, 2.75) is 0 Å². The van der Waals surface area contributed by atoms with Gasteiger partial charge in [0, 0.05) is 37.8 Å². The average molecular weight is 310 g/mol. The number of hydrazine groups is 1. The standard InChI is InChI=1S/C12H12ClN5O3/c1-17(2)11-7-3-6(18(20)21)4-9(13)10(7)15-5-8(11)12(19)16-14/h3-5H,14H2,1-2H3,(H,16,19). The predicted octanol–water partition coefficient (Wildman–Crippen LogP) is 1.47. The van der Waals surface area contributed by atoms with Crippen LogP contribution in [-0.4, -0.2) is 29.9 Å². The molecular formula is C12H12ClN5O3. The zero-order valence-corrected chi connectivity index (χ0v) is 12.0. The van der Waals surface area contributed by atoms with Crippen molar-refractivity contribution in [2.24, 2.45) is 5.84 Å². The molecule has 1 heterocycles. The molecule has 1 aromatic carbocycles. The number of nitrogens with zero attached hydrogens (tertiary/aromatic N) is 3. The Bertz CT molecular complexity index is 747. The third kappa shape index (κ3) is 2.58. The Morgan fingerprint density at radius 1 is 1.48 bits per heavy atom. The van der Waals surface area contributed by atoms with Crippen molar-refractivity contribution in [3.05, 3.63) is 39.0 Å². The van der Waals surface area contributed by atoms with Gasteiger partial charge in [0.2, 0.25) is 0 Å². The highest BCUT2D eigenvalue weighted by Crippen LogP contribution is 2.35. The molecule has 3 N–H and O–H groups in total. The molecule has 1 aromatic heterocycles. The van der Waals surface area contributed by atoms with Gasteiger partial charge in [0.1, 0.15) is 0 Å². The highest BCUT2D eigenvalue weighted by Gasteiger charge is 2.20. The van der Waals surface area contributed by atoms with E-state index in [0.717, 1.165) is 0 Å². The number of pyridine rings is 1. The van der Waals surface area contributed by atoms with Crippen LogP contribution in [0.25, 0.3) is 10.9 Å². The summed E-state index contributed by atoms with van der Waals surface area (Å²) in [5.74, 6) is 4.60. The van der Waals surface area contributed by atoms with Gasteiger partial charge in [-0.3, -0.25) is 25.3 Å². The second-order valence-electron chi connectivity index (χ2n) is 4.47. The number of nitrogens with two attached hydrogens (primary N) is 1. The van der Waals surface area contributed by atoms with E-state index in [1.165, 1.54) is 18.3 Å². The molecular weight excluding hydrogens is 298 g/mol. The lowest BCUT2D eigenvalue weighted by Gasteiger charge is -2.19. The van der Waals surface area contributed by atoms with Crippen molar-refractivity contribution in [1.29, 1.82) is 0 Å². The second kappa shape index (κ2) is 5.51. The van der Waals surface area contributed by atoms with Crippen LogP contribution in [0.4, 0.5) is 11.4 Å². The minimum Gasteiger partial charge on any atom is -0.376 e. The van der Waals surface area contributed by atoms with Gasteiger partial charge >= 0.3 is 0 Å². The largest absolute Gasteiger partial charge is 0.376 e. The van der Waals surface area contributed by atoms with E-state index in [9.17, 15) is 14.9 Å². The van der Waals surface area contributed by atoms with Gasteiger partial charge in [-0.05, 0) is 0 Å². The van der Waals surface area contributed by atoms with Gasteiger partial charge in [-0.25, -0.2) is 5.84 Å². The first-order valence-corrected chi connectivity index (χ1v) is 6.19. The monoisotopic (exact) mass is 309 g/mol. The van der Waals surface area contributed by atoms with Gasteiger partial charge in [0.05, 0.1) is 26.7 Å². The number of anilines is 1. The molecule has 0 aliphatic heterocycles. The first kappa shape index (κ1) is 14.9. The number of aromatic nitrogens is 1. The van der Waals surface area contributed by atoms with Crippen LogP contribution < -0.4 is 16.2 Å². The van der Waals surface area contributed by atoms with Crippen molar-refractivity contribution < 1.29 is 9.72 Å². The average Bonchev–Trinajstić information content (AvgIpc) is 2.44. The molecule has 0 fully saturated rings. The van der Waals surface area contributed by atoms with Crippen LogP contribution in [0.3, 0.4) is 0 Å². The molecule has 21 heavy (non-hydrogen) atoms. The summed E-state index contributed by atoms with van der Waals surface area (Å²) < 4.78 is 0. The van der Waals surface area contributed by atoms with Gasteiger partial charge in [-0.1, -0.05) is 11.6 Å². The molecule has 0 unspecified atom stereocenters. The number of fused-ring (bicyclic) bond motifs is 1. The Balaban J connectivity index is 2.90. The van der Waals surface area contributed by atoms with Crippen molar-refractivity contribution >= 4 is 39.8 Å². The molecule has 0 atom stereocenters. The second-order valence-corrected chi connectivity index (χ2v) is 4.88. The quantitative estimate of drug-likeness (QED) is 0.384. The van der Waals surface area contributed by atoms with E-state index >= 15 is 0 Å². The zero-order chi connectivity index (χ0) is 15.7. The number of amides is 1. The van der Waals surface area contributed by atoms with E-state index in [0.29, 0.717) is 16.6 Å². The fourth-order valence-corrected chi connectivity index (χ4v) is 2.33. The molecule has 8 nitrogen and oxygen atoms in total. The molecule has 0 aliphatic carbocycles. The van der Waals surface area contributed by atoms with Gasteiger partial charge < -0.3 is 4.90 Å². The highest BCUT2D eigenvalue weighted by molar-refractivity contribution is 6.36. The highest BCUT2D eigenvalue weighted by atomic mass is 35.5. The van der Waals surface area contributed by atoms with E-state index in [-0.39, 0.29) is 16.3 Å². The molecule has 0 aliphatic rings. The fourth-order valence-electron chi connectivity index (χ4n) is 2.06. The maximum atomic E-state index is 11.8. The number of rotatable bonds is 3. The number of hydrogen-bond donors (Lipinski definition) is 2. The maximum Gasteiger partial charge on any atom is 0.271 e. The summed E-state index contributed by atoms with van der Waals surface area (Å²) in [4.78, 5) is 28.0. The molecule has 1 amide bonds. The Labute approximate surface area is 124 Å². The van der Waals surface area contributed by atoms with E-state index in [1.54, 1.807) is 19.0 Å². The molecule has 0 saturated heterocycles. The Hall–Kier alpha value is -2.45. The summed E-state index contributed by atoms with van der Waals surface area (Å²) in [5.41, 5.74) is 2.87. The first-order chi connectivity index (χ1) is 9.86. The fraction of sp³-hybridized carbons (Fsp3) is 0.167. The summed E-state index contributed by atoms with van der Waals surface area (Å²) >= 11 is 6.04. The molecule has 2 rings (SSSR count). The maximum absolute atomic E-state index is 11.8. The number of nitro benzene ring substituents is 1. The summed E-state index contributed by atoms with van der Waals surface area (Å²) in [7, 11) is 3.41. The van der Waals surface area contributed by atoms with Crippen LogP contribution in [0.5, 0.6) is 0 Å². The lowest BCUT2D eigenvalue weighted by molar-refractivity contribution is -0.384. The summed E-state index contributed by atoms with van der Waals surface area (Å²) in [5, 5.41) is 11.5. The van der Waals surface area contributed by atoms with Crippen molar-refractivity contribution in [2.75, 3.05) is 19.0 Å². The van der Waals surface area contributed by atoms with Gasteiger partial charge in [-0.15, -0.1) is 0 Å². The number of benzene rings is 1. The lowest BCUT2D eigenvalue weighted by atomic mass is 10.1. The Morgan fingerprint density at radius 2 is 2.14 bits per heavy atom. The molecule has 0 saturated carbocycles. The van der Waals surface area contributed by atoms with Crippen LogP contribution in [0.1, 0.15) is 10.4 Å². The third-order valence-electron chi connectivity index (χ3n) is 2.91. The lowest BCUT2D eigenvalue weighted by Crippen LogP contribution is -2.31. The number of nitrogen functional groups attached to an aromatic ring is 1. The van der Waals surface area contributed by atoms with Crippen molar-refractivity contribution in [3.63, 3.8) is 0 Å². The van der Waals surface area contributed by atoms with Crippen LogP contribution in [-0.2, 0) is 0 Å². The number of carbonyl (C=O) groups is 1. The number of nitro groups is 1. The molecule has 9 heteroatoms. The van der Waals surface area contributed by atoms with Crippen LogP contribution >= 0.6 is 11.6 Å². The van der Waals surface area contributed by atoms with Crippen LogP contribution in [0.2, 0.25) is 5.02 Å². The number of hydrogen-bond acceptors (Lipinski definition) is 6. The predicted molar refractivity (Wildman–Crippen MR) is 79.4 cm³/mol. The number of non-ortho nitro benzene ring substituents is 1. The van der Waals surface area contributed by atoms with Gasteiger partial charge in [0.25, 0.3) is 11.6 Å². The smallest absolute Gasteiger partial charge is 0.271 e. The first-order valence-electron chi connectivity index (χ1n) is 5.81. The molecule has 0 spiro atoms. The zero-order valence-electron chi connectivity index (χ0n) is 11.3. The summed E-state index contributed by atoms with van der Waals surface area (Å²) in [6.07, 6.45) is 1.33. The normalized spacial score (nSPS) is 10.5. The van der Waals surface area contributed by atoms with E-state index < -0.39 is 10.8 Å². The van der Waals surface area contributed by atoms with Gasteiger partial charge in [-0.2, -0.15) is 0 Å². The topological polar surface area (TPSA) is 114 Å². The third-order valence-corrected chi connectivity index (χ3v) is 3.20. The van der Waals surface area contributed by atoms with Gasteiger partial charge in [0.15, 0.2) is 0 Å². The Morgan fingerprint density at radius 3 is 2.67 bits per heavy atom. The summed E-state index contributed by atoms with van der Waals surface area (Å²) in [6, 6.07) is 2.55. The minimum atomic E-state index is -0.555. The van der Waals surface area contributed by atoms with Crippen molar-refractivity contribution in [1.82, 2.24) is 10.4 Å². The molecule has 0 bridgehead atoms. The minimum absolute atomic E-state index is 0.141. The summed E-state index contributed by atoms with van der Waals surface area (Å²) in [6.45, 7) is 0. The number of carbonyl (C=O) groups excluding carboxylic acids is 1. The van der Waals surface area contributed by atoms with Crippen molar-refractivity contribution in [3.8, 4) is 0 Å². The van der Waals surface area contributed by atoms with Crippen LogP contribution in [0, 0.1) is 10.1 Å². The number of halogens is 1. The molecule has 110 valence electrons. The molecule has 2 aromatic rings. The number of nitrogens with one attached hydrogen (secondary N) is 1. The molecule has 0 radical (unpaired) electrons. The Kier molecular flexibility index (Phi) is 3.92. The van der Waals surface area contributed by atoms with E-state index in [1.807, 2.05) is 5.43 Å². The van der Waals surface area contributed by atoms with E-state index in [4.69, 9.17) is 17.4 Å². The van der Waals surface area contributed by atoms with E-state index in [2.05, 4.69) is 4.98 Å².